The normalized spacial score (nSPS) is 17.0. The van der Waals surface area contributed by atoms with Crippen molar-refractivity contribution in [2.45, 2.75) is 13.0 Å². The summed E-state index contributed by atoms with van der Waals surface area (Å²) in [4.78, 5) is 15.1. The standard InChI is InChI=1S/C23H19N3OS/c1-17-12-14-20(15-13-17)25-21(19-10-6-3-7-11-19)22(27)26(23(25)28)24-16-18-8-4-2-5-9-18/h2-16,21H,1H3/b24-16-/t21-/m1/s1. The number of carbonyl (C=O) groups excluding carboxylic acids is 1. The number of nitrogens with zero attached hydrogens (tertiary/aromatic N) is 3. The molecule has 1 aliphatic rings. The van der Waals surface area contributed by atoms with E-state index in [1.807, 2.05) is 96.8 Å². The van der Waals surface area contributed by atoms with Crippen molar-refractivity contribution in [1.82, 2.24) is 5.01 Å². The molecule has 3 aromatic carbocycles. The minimum atomic E-state index is -0.538. The maximum atomic E-state index is 13.3. The molecule has 1 saturated heterocycles. The van der Waals surface area contributed by atoms with Gasteiger partial charge in [-0.1, -0.05) is 78.4 Å². The van der Waals surface area contributed by atoms with Crippen LogP contribution in [0.1, 0.15) is 22.7 Å². The Hall–Kier alpha value is -3.31. The molecule has 0 N–H and O–H groups in total. The van der Waals surface area contributed by atoms with Crippen molar-refractivity contribution in [1.29, 1.82) is 0 Å². The van der Waals surface area contributed by atoms with Crippen LogP contribution in [0.15, 0.2) is 90.0 Å². The van der Waals surface area contributed by atoms with Gasteiger partial charge in [0.2, 0.25) is 5.11 Å². The Bertz CT molecular complexity index is 1020. The average molecular weight is 385 g/mol. The lowest BCUT2D eigenvalue weighted by molar-refractivity contribution is -0.126. The van der Waals surface area contributed by atoms with Crippen LogP contribution >= 0.6 is 12.2 Å². The molecule has 1 amide bonds. The average Bonchev–Trinajstić information content (AvgIpc) is 2.98. The fourth-order valence-corrected chi connectivity index (χ4v) is 3.54. The van der Waals surface area contributed by atoms with Crippen molar-refractivity contribution in [2.24, 2.45) is 5.10 Å². The first-order chi connectivity index (χ1) is 13.6. The third kappa shape index (κ3) is 3.44. The summed E-state index contributed by atoms with van der Waals surface area (Å²) in [6.45, 7) is 2.03. The van der Waals surface area contributed by atoms with Crippen LogP contribution in [0, 0.1) is 6.92 Å². The number of aryl methyl sites for hydroxylation is 1. The van der Waals surface area contributed by atoms with Gasteiger partial charge in [-0.3, -0.25) is 4.79 Å². The van der Waals surface area contributed by atoms with Crippen molar-refractivity contribution in [3.63, 3.8) is 0 Å². The number of hydrogen-bond acceptors (Lipinski definition) is 3. The third-order valence-corrected chi connectivity index (χ3v) is 5.01. The zero-order valence-electron chi connectivity index (χ0n) is 15.4. The van der Waals surface area contributed by atoms with Crippen LogP contribution in [-0.2, 0) is 4.79 Å². The summed E-state index contributed by atoms with van der Waals surface area (Å²) in [7, 11) is 0. The second kappa shape index (κ2) is 7.74. The lowest BCUT2D eigenvalue weighted by atomic mass is 10.1. The predicted octanol–water partition coefficient (Wildman–Crippen LogP) is 4.70. The Kier molecular flexibility index (Phi) is 5.00. The topological polar surface area (TPSA) is 35.9 Å². The van der Waals surface area contributed by atoms with E-state index in [-0.39, 0.29) is 5.91 Å². The molecule has 1 heterocycles. The van der Waals surface area contributed by atoms with Crippen LogP contribution in [0.4, 0.5) is 5.69 Å². The fourth-order valence-electron chi connectivity index (χ4n) is 3.19. The molecule has 0 saturated carbocycles. The summed E-state index contributed by atoms with van der Waals surface area (Å²) in [5.41, 5.74) is 3.81. The summed E-state index contributed by atoms with van der Waals surface area (Å²) in [5.74, 6) is -0.163. The minimum Gasteiger partial charge on any atom is -0.300 e. The van der Waals surface area contributed by atoms with E-state index in [0.29, 0.717) is 5.11 Å². The molecule has 1 atom stereocenters. The quantitative estimate of drug-likeness (QED) is 0.482. The number of carbonyl (C=O) groups is 1. The molecule has 0 bridgehead atoms. The number of thiocarbonyl (C=S) groups is 1. The highest BCUT2D eigenvalue weighted by Crippen LogP contribution is 2.36. The Morgan fingerprint density at radius 2 is 1.50 bits per heavy atom. The van der Waals surface area contributed by atoms with Crippen LogP contribution in [0.5, 0.6) is 0 Å². The molecule has 0 aromatic heterocycles. The van der Waals surface area contributed by atoms with Gasteiger partial charge in [0.15, 0.2) is 0 Å². The van der Waals surface area contributed by atoms with Crippen LogP contribution in [0.2, 0.25) is 0 Å². The summed E-state index contributed by atoms with van der Waals surface area (Å²) < 4.78 is 0. The van der Waals surface area contributed by atoms with Gasteiger partial charge >= 0.3 is 0 Å². The minimum absolute atomic E-state index is 0.163. The molecule has 0 aliphatic carbocycles. The van der Waals surface area contributed by atoms with E-state index in [0.717, 1.165) is 22.4 Å². The molecule has 0 unspecified atom stereocenters. The molecule has 0 radical (unpaired) electrons. The van der Waals surface area contributed by atoms with E-state index < -0.39 is 6.04 Å². The Morgan fingerprint density at radius 1 is 0.893 bits per heavy atom. The molecular weight excluding hydrogens is 366 g/mol. The number of benzene rings is 3. The second-order valence-corrected chi connectivity index (χ2v) is 6.97. The summed E-state index contributed by atoms with van der Waals surface area (Å²) in [5, 5.41) is 6.09. The van der Waals surface area contributed by atoms with Gasteiger partial charge < -0.3 is 4.90 Å². The highest BCUT2D eigenvalue weighted by molar-refractivity contribution is 7.80. The zero-order chi connectivity index (χ0) is 19.5. The van der Waals surface area contributed by atoms with Gasteiger partial charge in [0.05, 0.1) is 6.21 Å². The van der Waals surface area contributed by atoms with E-state index >= 15 is 0 Å². The first-order valence-corrected chi connectivity index (χ1v) is 9.44. The molecule has 1 fully saturated rings. The van der Waals surface area contributed by atoms with Crippen LogP contribution in [0.3, 0.4) is 0 Å². The van der Waals surface area contributed by atoms with Crippen LogP contribution in [-0.4, -0.2) is 22.2 Å². The lowest BCUT2D eigenvalue weighted by Crippen LogP contribution is -2.30. The first kappa shape index (κ1) is 18.1. The molecule has 5 heteroatoms. The monoisotopic (exact) mass is 385 g/mol. The molecule has 28 heavy (non-hydrogen) atoms. The molecule has 4 rings (SSSR count). The van der Waals surface area contributed by atoms with Crippen molar-refractivity contribution in [3.05, 3.63) is 102 Å². The van der Waals surface area contributed by atoms with Gasteiger partial charge in [-0.25, -0.2) is 0 Å². The van der Waals surface area contributed by atoms with E-state index in [1.165, 1.54) is 5.01 Å². The van der Waals surface area contributed by atoms with E-state index in [2.05, 4.69) is 5.10 Å². The molecule has 0 spiro atoms. The van der Waals surface area contributed by atoms with Gasteiger partial charge in [0.25, 0.3) is 5.91 Å². The van der Waals surface area contributed by atoms with Gasteiger partial charge in [0, 0.05) is 5.69 Å². The number of hydrogen-bond donors (Lipinski definition) is 0. The number of hydrazone groups is 1. The largest absolute Gasteiger partial charge is 0.300 e. The predicted molar refractivity (Wildman–Crippen MR) is 116 cm³/mol. The third-order valence-electron chi connectivity index (χ3n) is 4.64. The van der Waals surface area contributed by atoms with Gasteiger partial charge in [-0.05, 0) is 42.4 Å². The van der Waals surface area contributed by atoms with Crippen molar-refractivity contribution in [3.8, 4) is 0 Å². The number of anilines is 1. The Labute approximate surface area is 169 Å². The van der Waals surface area contributed by atoms with Gasteiger partial charge in [-0.2, -0.15) is 10.1 Å². The smallest absolute Gasteiger partial charge is 0.277 e. The van der Waals surface area contributed by atoms with Crippen molar-refractivity contribution in [2.75, 3.05) is 4.90 Å². The highest BCUT2D eigenvalue weighted by Gasteiger charge is 2.44. The van der Waals surface area contributed by atoms with Crippen LogP contribution in [0.25, 0.3) is 0 Å². The fraction of sp³-hybridized carbons (Fsp3) is 0.0870. The van der Waals surface area contributed by atoms with E-state index in [1.54, 1.807) is 6.21 Å². The van der Waals surface area contributed by atoms with Crippen molar-refractivity contribution >= 4 is 35.1 Å². The number of amides is 1. The van der Waals surface area contributed by atoms with Crippen LogP contribution < -0.4 is 4.90 Å². The molecular formula is C23H19N3OS. The second-order valence-electron chi connectivity index (χ2n) is 6.61. The highest BCUT2D eigenvalue weighted by atomic mass is 32.1. The van der Waals surface area contributed by atoms with Gasteiger partial charge in [0.1, 0.15) is 6.04 Å². The first-order valence-electron chi connectivity index (χ1n) is 9.03. The number of rotatable bonds is 4. The van der Waals surface area contributed by atoms with Crippen molar-refractivity contribution < 1.29 is 4.79 Å². The molecule has 1 aliphatic heterocycles. The van der Waals surface area contributed by atoms with E-state index in [4.69, 9.17) is 12.2 Å². The molecule has 3 aromatic rings. The summed E-state index contributed by atoms with van der Waals surface area (Å²) in [6.07, 6.45) is 1.66. The molecule has 138 valence electrons. The maximum Gasteiger partial charge on any atom is 0.277 e. The SMILES string of the molecule is Cc1ccc(N2C(=S)N(/N=C\c3ccccc3)C(=O)[C@H]2c2ccccc2)cc1. The zero-order valence-corrected chi connectivity index (χ0v) is 16.2. The molecule has 4 nitrogen and oxygen atoms in total. The summed E-state index contributed by atoms with van der Waals surface area (Å²) in [6, 6.07) is 26.8. The maximum absolute atomic E-state index is 13.3. The summed E-state index contributed by atoms with van der Waals surface area (Å²) >= 11 is 5.66. The van der Waals surface area contributed by atoms with E-state index in [9.17, 15) is 4.79 Å². The lowest BCUT2D eigenvalue weighted by Gasteiger charge is -2.23. The Balaban J connectivity index is 1.74. The van der Waals surface area contributed by atoms with Gasteiger partial charge in [-0.15, -0.1) is 0 Å². The Morgan fingerprint density at radius 3 is 2.14 bits per heavy atom.